The molecule has 2 aromatic rings. The fourth-order valence-electron chi connectivity index (χ4n) is 6.62. The highest BCUT2D eigenvalue weighted by atomic mass is 16.5. The Morgan fingerprint density at radius 3 is 2.08 bits per heavy atom. The number of anilines is 1. The Bertz CT molecular complexity index is 1250. The molecule has 1 saturated heterocycles. The lowest BCUT2D eigenvalue weighted by Crippen LogP contribution is -2.49. The van der Waals surface area contributed by atoms with Crippen molar-refractivity contribution in [3.05, 3.63) is 77.9 Å². The minimum absolute atomic E-state index is 0.0972. The second-order valence-corrected chi connectivity index (χ2v) is 10.9. The van der Waals surface area contributed by atoms with Gasteiger partial charge in [-0.15, -0.1) is 0 Å². The Kier molecular flexibility index (Phi) is 5.74. The minimum Gasteiger partial charge on any atom is -0.459 e. The van der Waals surface area contributed by atoms with Gasteiger partial charge in [0.1, 0.15) is 6.04 Å². The molecule has 0 unspecified atom stereocenters. The topological polar surface area (TPSA) is 92.8 Å². The zero-order valence-corrected chi connectivity index (χ0v) is 20.9. The highest BCUT2D eigenvalue weighted by molar-refractivity contribution is 6.10. The van der Waals surface area contributed by atoms with Crippen LogP contribution in [0.3, 0.4) is 0 Å². The Hall–Kier alpha value is -3.74. The first-order chi connectivity index (χ1) is 17.8. The smallest absolute Gasteiger partial charge is 0.338 e. The van der Waals surface area contributed by atoms with Crippen LogP contribution in [0.15, 0.2) is 66.7 Å². The Morgan fingerprint density at radius 2 is 1.51 bits per heavy atom. The first-order valence-electron chi connectivity index (χ1n) is 13.0. The van der Waals surface area contributed by atoms with Crippen molar-refractivity contribution in [2.24, 2.45) is 35.5 Å². The van der Waals surface area contributed by atoms with Crippen LogP contribution in [0.4, 0.5) is 5.69 Å². The number of esters is 1. The molecule has 4 aliphatic carbocycles. The number of allylic oxidation sites excluding steroid dienone is 2. The second kappa shape index (κ2) is 8.98. The minimum atomic E-state index is -0.964. The number of imide groups is 1. The average Bonchev–Trinajstić information content (AvgIpc) is 3.67. The summed E-state index contributed by atoms with van der Waals surface area (Å²) in [7, 11) is 0. The van der Waals surface area contributed by atoms with E-state index in [0.717, 1.165) is 12.0 Å². The van der Waals surface area contributed by atoms with Crippen LogP contribution in [0.5, 0.6) is 0 Å². The number of ether oxygens (including phenoxy) is 1. The summed E-state index contributed by atoms with van der Waals surface area (Å²) in [4.78, 5) is 54.5. The van der Waals surface area contributed by atoms with Crippen molar-refractivity contribution in [2.45, 2.75) is 38.8 Å². The Morgan fingerprint density at radius 1 is 0.919 bits per heavy atom. The number of likely N-dealkylation sites (tertiary alicyclic amines) is 1. The lowest BCUT2D eigenvalue weighted by Gasteiger charge is -2.37. The van der Waals surface area contributed by atoms with Crippen molar-refractivity contribution in [2.75, 3.05) is 5.32 Å². The number of carbonyl (C=O) groups excluding carboxylic acids is 4. The number of carbonyl (C=O) groups is 4. The largest absolute Gasteiger partial charge is 0.459 e. The first kappa shape index (κ1) is 23.6. The van der Waals surface area contributed by atoms with Crippen molar-refractivity contribution in [3.8, 4) is 0 Å². The molecule has 5 aliphatic rings. The average molecular weight is 499 g/mol. The number of amides is 3. The van der Waals surface area contributed by atoms with E-state index < -0.39 is 17.9 Å². The third kappa shape index (κ3) is 4.06. The second-order valence-electron chi connectivity index (χ2n) is 10.9. The summed E-state index contributed by atoms with van der Waals surface area (Å²) in [6, 6.07) is 14.9. The maximum absolute atomic E-state index is 13.7. The monoisotopic (exact) mass is 498 g/mol. The summed E-state index contributed by atoms with van der Waals surface area (Å²) in [6.45, 7) is 3.56. The quantitative estimate of drug-likeness (QED) is 0.356. The lowest BCUT2D eigenvalue weighted by atomic mass is 9.63. The van der Waals surface area contributed by atoms with Crippen molar-refractivity contribution in [1.29, 1.82) is 0 Å². The van der Waals surface area contributed by atoms with E-state index in [0.29, 0.717) is 23.1 Å². The molecule has 7 rings (SSSR count). The maximum Gasteiger partial charge on any atom is 0.338 e. The third-order valence-corrected chi connectivity index (χ3v) is 8.31. The zero-order valence-electron chi connectivity index (χ0n) is 20.9. The predicted molar refractivity (Wildman–Crippen MR) is 136 cm³/mol. The van der Waals surface area contributed by atoms with Crippen molar-refractivity contribution >= 4 is 29.4 Å². The van der Waals surface area contributed by atoms with Gasteiger partial charge < -0.3 is 10.1 Å². The van der Waals surface area contributed by atoms with Crippen molar-refractivity contribution in [3.63, 3.8) is 0 Å². The summed E-state index contributed by atoms with van der Waals surface area (Å²) >= 11 is 0. The van der Waals surface area contributed by atoms with Crippen LogP contribution in [0.1, 0.15) is 36.2 Å². The molecule has 0 radical (unpaired) electrons. The third-order valence-electron chi connectivity index (χ3n) is 8.31. The number of hydrogen-bond acceptors (Lipinski definition) is 5. The fraction of sp³-hybridized carbons (Fsp3) is 0.400. The highest BCUT2D eigenvalue weighted by Gasteiger charge is 2.67. The van der Waals surface area contributed by atoms with Gasteiger partial charge in [0.05, 0.1) is 23.5 Å². The molecule has 3 amide bonds. The molecule has 7 heteroatoms. The van der Waals surface area contributed by atoms with Gasteiger partial charge in [0.2, 0.25) is 17.7 Å². The van der Waals surface area contributed by atoms with Gasteiger partial charge in [-0.1, -0.05) is 42.5 Å². The number of hydrogen-bond donors (Lipinski definition) is 1. The molecule has 2 bridgehead atoms. The van der Waals surface area contributed by atoms with Crippen molar-refractivity contribution < 1.29 is 23.9 Å². The van der Waals surface area contributed by atoms with E-state index in [4.69, 9.17) is 4.74 Å². The summed E-state index contributed by atoms with van der Waals surface area (Å²) in [5, 5.41) is 2.87. The summed E-state index contributed by atoms with van der Waals surface area (Å²) < 4.78 is 5.22. The molecule has 7 nitrogen and oxygen atoms in total. The molecule has 1 N–H and O–H groups in total. The molecule has 190 valence electrons. The van der Waals surface area contributed by atoms with E-state index in [2.05, 4.69) is 17.5 Å². The molecular weight excluding hydrogens is 468 g/mol. The summed E-state index contributed by atoms with van der Waals surface area (Å²) in [6.07, 6.45) is 5.35. The normalized spacial score (nSPS) is 29.6. The SMILES string of the molecule is CC(C)OC(=O)c1ccc(NC(=O)[C@@H](Cc2ccccc2)N2C(=O)[C@@H]3[C@@H]4C=C[C@H]([C@H]5C[C@H]45)[C@@H]3C2=O)cc1. The van der Waals surface area contributed by atoms with Crippen molar-refractivity contribution in [1.82, 2.24) is 4.90 Å². The van der Waals surface area contributed by atoms with E-state index in [1.54, 1.807) is 38.1 Å². The number of benzene rings is 2. The van der Waals surface area contributed by atoms with E-state index in [1.165, 1.54) is 4.90 Å². The van der Waals surface area contributed by atoms with E-state index in [-0.39, 0.29) is 48.0 Å². The maximum atomic E-state index is 13.7. The molecule has 0 aromatic heterocycles. The van der Waals surface area contributed by atoms with Crippen LogP contribution in [0, 0.1) is 35.5 Å². The summed E-state index contributed by atoms with van der Waals surface area (Å²) in [5.41, 5.74) is 1.72. The van der Waals surface area contributed by atoms with Gasteiger partial charge in [-0.05, 0) is 73.8 Å². The van der Waals surface area contributed by atoms with Gasteiger partial charge in [-0.2, -0.15) is 0 Å². The standard InChI is InChI=1S/C30H30N2O5/c1-16(2)37-30(36)18-8-10-19(11-9-18)31-27(33)24(14-17-6-4-3-5-7-17)32-28(34)25-20-12-13-21(23-15-22(20)23)26(25)29(32)35/h3-13,16,20-26H,14-15H2,1-2H3,(H,31,33)/t20-,21-,22-,23-,24-,25-,26+/m1/s1. The van der Waals surface area contributed by atoms with E-state index >= 15 is 0 Å². The van der Waals surface area contributed by atoms with Crippen LogP contribution in [0.2, 0.25) is 0 Å². The molecule has 37 heavy (non-hydrogen) atoms. The van der Waals surface area contributed by atoms with Gasteiger partial charge in [0.15, 0.2) is 0 Å². The van der Waals surface area contributed by atoms with Gasteiger partial charge in [0, 0.05) is 12.1 Å². The molecule has 1 heterocycles. The first-order valence-corrected chi connectivity index (χ1v) is 13.0. The molecule has 3 fully saturated rings. The molecule has 1 aliphatic heterocycles. The fourth-order valence-corrected chi connectivity index (χ4v) is 6.62. The van der Waals surface area contributed by atoms with E-state index in [9.17, 15) is 19.2 Å². The molecular formula is C30H30N2O5. The molecule has 2 aromatic carbocycles. The van der Waals surface area contributed by atoms with E-state index in [1.807, 2.05) is 30.3 Å². The number of nitrogens with zero attached hydrogens (tertiary/aromatic N) is 1. The molecule has 7 atom stereocenters. The van der Waals surface area contributed by atoms with Crippen LogP contribution in [-0.4, -0.2) is 40.7 Å². The van der Waals surface area contributed by atoms with Gasteiger partial charge >= 0.3 is 5.97 Å². The van der Waals surface area contributed by atoms with Gasteiger partial charge in [-0.3, -0.25) is 19.3 Å². The highest BCUT2D eigenvalue weighted by Crippen LogP contribution is 2.65. The summed E-state index contributed by atoms with van der Waals surface area (Å²) in [5.74, 6) is -0.831. The molecule has 0 spiro atoms. The van der Waals surface area contributed by atoms with Gasteiger partial charge in [-0.25, -0.2) is 4.79 Å². The van der Waals surface area contributed by atoms with Crippen LogP contribution in [-0.2, 0) is 25.5 Å². The number of nitrogens with one attached hydrogen (secondary N) is 1. The Labute approximate surface area is 215 Å². The van der Waals surface area contributed by atoms with Crippen LogP contribution in [0.25, 0.3) is 0 Å². The predicted octanol–water partition coefficient (Wildman–Crippen LogP) is 3.85. The zero-order chi connectivity index (χ0) is 25.8. The van der Waals surface area contributed by atoms with Gasteiger partial charge in [0.25, 0.3) is 0 Å². The lowest BCUT2D eigenvalue weighted by molar-refractivity contribution is -0.146. The Balaban J connectivity index is 1.26. The number of rotatable bonds is 7. The van der Waals surface area contributed by atoms with Crippen LogP contribution >= 0.6 is 0 Å². The van der Waals surface area contributed by atoms with Crippen LogP contribution < -0.4 is 5.32 Å². The molecule has 2 saturated carbocycles.